The van der Waals surface area contributed by atoms with Crippen LogP contribution in [0.5, 0.6) is 0 Å². The summed E-state index contributed by atoms with van der Waals surface area (Å²) in [6.07, 6.45) is 5.76. The molecule has 0 saturated heterocycles. The fraction of sp³-hybridized carbons (Fsp3) is 0.467. The van der Waals surface area contributed by atoms with Crippen molar-refractivity contribution in [3.63, 3.8) is 0 Å². The third kappa shape index (κ3) is 3.82. The average Bonchev–Trinajstić information content (AvgIpc) is 2.96. The van der Waals surface area contributed by atoms with Crippen molar-refractivity contribution in [1.29, 1.82) is 0 Å². The Morgan fingerprint density at radius 2 is 2.14 bits per heavy atom. The number of nitrogens with zero attached hydrogens (tertiary/aromatic N) is 4. The van der Waals surface area contributed by atoms with Gasteiger partial charge in [-0.05, 0) is 30.2 Å². The van der Waals surface area contributed by atoms with Crippen LogP contribution in [0.25, 0.3) is 11.4 Å². The summed E-state index contributed by atoms with van der Waals surface area (Å²) in [6, 6.07) is 7.53. The molecule has 22 heavy (non-hydrogen) atoms. The van der Waals surface area contributed by atoms with E-state index in [-0.39, 0.29) is 18.5 Å². The molecule has 0 radical (unpaired) electrons. The lowest BCUT2D eigenvalue weighted by atomic mass is 9.95. The largest absolute Gasteiger partial charge is 0.352 e. The first-order valence-corrected chi connectivity index (χ1v) is 7.91. The molecular formula is C15H18ClN5O. The lowest BCUT2D eigenvalue weighted by Crippen LogP contribution is -2.38. The molecule has 2 aromatic rings. The molecule has 1 fully saturated rings. The summed E-state index contributed by atoms with van der Waals surface area (Å²) < 4.78 is 0. The molecule has 1 N–H and O–H groups in total. The Hall–Kier alpha value is -1.95. The molecular weight excluding hydrogens is 302 g/mol. The normalized spacial score (nSPS) is 15.7. The number of nitrogens with one attached hydrogen (secondary N) is 1. The van der Waals surface area contributed by atoms with Crippen LogP contribution in [0.3, 0.4) is 0 Å². The van der Waals surface area contributed by atoms with E-state index in [1.54, 1.807) is 12.1 Å². The van der Waals surface area contributed by atoms with Crippen molar-refractivity contribution >= 4 is 17.5 Å². The van der Waals surface area contributed by atoms with Gasteiger partial charge in [0.2, 0.25) is 11.7 Å². The molecule has 1 heterocycles. The lowest BCUT2D eigenvalue weighted by molar-refractivity contribution is -0.123. The first-order valence-electron chi connectivity index (χ1n) is 7.54. The van der Waals surface area contributed by atoms with Crippen LogP contribution in [-0.4, -0.2) is 32.2 Å². The zero-order chi connectivity index (χ0) is 15.4. The molecule has 1 aliphatic rings. The molecule has 0 bridgehead atoms. The summed E-state index contributed by atoms with van der Waals surface area (Å²) in [5.74, 6) is 0.398. The van der Waals surface area contributed by atoms with Crippen molar-refractivity contribution in [2.45, 2.75) is 44.7 Å². The summed E-state index contributed by atoms with van der Waals surface area (Å²) in [7, 11) is 0. The predicted octanol–water partition coefficient (Wildman–Crippen LogP) is 2.44. The Morgan fingerprint density at radius 3 is 2.91 bits per heavy atom. The molecule has 1 aromatic heterocycles. The van der Waals surface area contributed by atoms with Crippen molar-refractivity contribution in [2.75, 3.05) is 0 Å². The number of hydrogen-bond donors (Lipinski definition) is 1. The van der Waals surface area contributed by atoms with E-state index in [9.17, 15) is 4.79 Å². The van der Waals surface area contributed by atoms with E-state index in [4.69, 9.17) is 11.6 Å². The van der Waals surface area contributed by atoms with Gasteiger partial charge < -0.3 is 5.32 Å². The van der Waals surface area contributed by atoms with Gasteiger partial charge >= 0.3 is 0 Å². The molecule has 0 aliphatic heterocycles. The number of carbonyl (C=O) groups excluding carboxylic acids is 1. The van der Waals surface area contributed by atoms with Crippen LogP contribution in [0.1, 0.15) is 32.1 Å². The summed E-state index contributed by atoms with van der Waals surface area (Å²) in [5, 5.41) is 15.8. The minimum atomic E-state index is -0.0676. The quantitative estimate of drug-likeness (QED) is 0.939. The summed E-state index contributed by atoms with van der Waals surface area (Å²) >= 11 is 5.95. The lowest BCUT2D eigenvalue weighted by Gasteiger charge is -2.22. The Bertz CT molecular complexity index is 651. The van der Waals surface area contributed by atoms with E-state index in [0.717, 1.165) is 18.4 Å². The van der Waals surface area contributed by atoms with Crippen molar-refractivity contribution in [3.05, 3.63) is 29.3 Å². The molecule has 7 heteroatoms. The molecule has 1 amide bonds. The molecule has 3 rings (SSSR count). The number of halogens is 1. The molecule has 116 valence electrons. The summed E-state index contributed by atoms with van der Waals surface area (Å²) in [5.41, 5.74) is 0.784. The van der Waals surface area contributed by atoms with Gasteiger partial charge in [-0.1, -0.05) is 43.0 Å². The van der Waals surface area contributed by atoms with Gasteiger partial charge in [-0.15, -0.1) is 10.2 Å². The highest BCUT2D eigenvalue weighted by Crippen LogP contribution is 2.19. The third-order valence-corrected chi connectivity index (χ3v) is 4.03. The monoisotopic (exact) mass is 319 g/mol. The van der Waals surface area contributed by atoms with E-state index in [2.05, 4.69) is 20.7 Å². The number of carbonyl (C=O) groups is 1. The second-order valence-electron chi connectivity index (χ2n) is 5.56. The third-order valence-electron chi connectivity index (χ3n) is 3.79. The number of tetrazole rings is 1. The molecule has 1 aromatic carbocycles. The van der Waals surface area contributed by atoms with Crippen molar-refractivity contribution in [1.82, 2.24) is 25.5 Å². The molecule has 1 aliphatic carbocycles. The molecule has 6 nitrogen and oxygen atoms in total. The van der Waals surface area contributed by atoms with Gasteiger partial charge in [0.15, 0.2) is 0 Å². The maximum Gasteiger partial charge on any atom is 0.243 e. The minimum Gasteiger partial charge on any atom is -0.352 e. The Balaban J connectivity index is 1.60. The zero-order valence-electron chi connectivity index (χ0n) is 12.2. The van der Waals surface area contributed by atoms with E-state index < -0.39 is 0 Å². The Morgan fingerprint density at radius 1 is 1.32 bits per heavy atom. The molecule has 0 atom stereocenters. The van der Waals surface area contributed by atoms with Crippen LogP contribution in [-0.2, 0) is 11.3 Å². The van der Waals surface area contributed by atoms with Gasteiger partial charge in [0.05, 0.1) is 0 Å². The van der Waals surface area contributed by atoms with Gasteiger partial charge in [0, 0.05) is 16.6 Å². The predicted molar refractivity (Wildman–Crippen MR) is 83.3 cm³/mol. The van der Waals surface area contributed by atoms with Crippen LogP contribution >= 0.6 is 11.6 Å². The number of amides is 1. The maximum atomic E-state index is 12.0. The zero-order valence-corrected chi connectivity index (χ0v) is 13.0. The maximum absolute atomic E-state index is 12.0. The van der Waals surface area contributed by atoms with Crippen LogP contribution < -0.4 is 5.32 Å². The summed E-state index contributed by atoms with van der Waals surface area (Å²) in [6.45, 7) is 0.0874. The fourth-order valence-corrected chi connectivity index (χ4v) is 2.89. The van der Waals surface area contributed by atoms with Gasteiger partial charge in [0.25, 0.3) is 0 Å². The van der Waals surface area contributed by atoms with Crippen molar-refractivity contribution < 1.29 is 4.79 Å². The number of aromatic nitrogens is 4. The standard InChI is InChI=1S/C15H18ClN5O/c16-12-6-4-5-11(9-12)15-18-20-21(19-15)10-14(22)17-13-7-2-1-3-8-13/h4-6,9,13H,1-3,7-8,10H2,(H,17,22). The fourth-order valence-electron chi connectivity index (χ4n) is 2.70. The number of benzene rings is 1. The van der Waals surface area contributed by atoms with Gasteiger partial charge in [0.1, 0.15) is 6.54 Å². The summed E-state index contributed by atoms with van der Waals surface area (Å²) in [4.78, 5) is 13.3. The van der Waals surface area contributed by atoms with Crippen molar-refractivity contribution in [3.8, 4) is 11.4 Å². The van der Waals surface area contributed by atoms with E-state index in [0.29, 0.717) is 10.8 Å². The van der Waals surface area contributed by atoms with E-state index in [1.807, 2.05) is 12.1 Å². The second-order valence-corrected chi connectivity index (χ2v) is 5.99. The SMILES string of the molecule is O=C(Cn1nnc(-c2cccc(Cl)c2)n1)NC1CCCCC1. The Labute approximate surface area is 133 Å². The Kier molecular flexibility index (Phi) is 4.68. The van der Waals surface area contributed by atoms with Crippen LogP contribution in [0, 0.1) is 0 Å². The number of hydrogen-bond acceptors (Lipinski definition) is 4. The van der Waals surface area contributed by atoms with E-state index >= 15 is 0 Å². The smallest absolute Gasteiger partial charge is 0.243 e. The molecule has 0 spiro atoms. The topological polar surface area (TPSA) is 72.7 Å². The van der Waals surface area contributed by atoms with Crippen LogP contribution in [0.4, 0.5) is 0 Å². The minimum absolute atomic E-state index is 0.0676. The molecule has 1 saturated carbocycles. The highest BCUT2D eigenvalue weighted by atomic mass is 35.5. The molecule has 0 unspecified atom stereocenters. The highest BCUT2D eigenvalue weighted by Gasteiger charge is 2.16. The van der Waals surface area contributed by atoms with Gasteiger partial charge in [-0.2, -0.15) is 4.80 Å². The first-order chi connectivity index (χ1) is 10.7. The van der Waals surface area contributed by atoms with Crippen LogP contribution in [0.15, 0.2) is 24.3 Å². The first kappa shape index (κ1) is 15.0. The highest BCUT2D eigenvalue weighted by molar-refractivity contribution is 6.30. The number of rotatable bonds is 4. The average molecular weight is 320 g/mol. The van der Waals surface area contributed by atoms with E-state index in [1.165, 1.54) is 24.1 Å². The van der Waals surface area contributed by atoms with Crippen LogP contribution in [0.2, 0.25) is 5.02 Å². The van der Waals surface area contributed by atoms with Gasteiger partial charge in [-0.3, -0.25) is 4.79 Å². The second kappa shape index (κ2) is 6.87. The van der Waals surface area contributed by atoms with Crippen molar-refractivity contribution in [2.24, 2.45) is 0 Å². The van der Waals surface area contributed by atoms with Gasteiger partial charge in [-0.25, -0.2) is 0 Å².